The van der Waals surface area contributed by atoms with Crippen molar-refractivity contribution in [3.05, 3.63) is 102 Å². The van der Waals surface area contributed by atoms with E-state index in [2.05, 4.69) is 33.1 Å². The van der Waals surface area contributed by atoms with Gasteiger partial charge in [0.05, 0.1) is 12.5 Å². The lowest BCUT2D eigenvalue weighted by atomic mass is 9.93. The molecule has 0 spiro atoms. The van der Waals surface area contributed by atoms with Crippen LogP contribution in [0.4, 0.5) is 34.7 Å². The highest BCUT2D eigenvalue weighted by Crippen LogP contribution is 2.37. The molecule has 11 heteroatoms. The van der Waals surface area contributed by atoms with Gasteiger partial charge in [0.2, 0.25) is 15.9 Å². The second kappa shape index (κ2) is 11.6. The van der Waals surface area contributed by atoms with Crippen LogP contribution < -0.4 is 20.1 Å². The smallest absolute Gasteiger partial charge is 0.232 e. The number of allylic oxidation sites excluding steroid dienone is 4. The van der Waals surface area contributed by atoms with E-state index in [1.807, 2.05) is 77.7 Å². The summed E-state index contributed by atoms with van der Waals surface area (Å²) in [7, 11) is -2.06. The minimum atomic E-state index is -3.72. The van der Waals surface area contributed by atoms with E-state index >= 15 is 0 Å². The van der Waals surface area contributed by atoms with E-state index in [-0.39, 0.29) is 17.5 Å². The van der Waals surface area contributed by atoms with Gasteiger partial charge in [-0.05, 0) is 49.6 Å². The number of sulfonamides is 1. The number of para-hydroxylation sites is 2. The number of hydrogen-bond donors (Lipinski definition) is 2. The molecule has 2 N–H and O–H groups in total. The van der Waals surface area contributed by atoms with Gasteiger partial charge in [-0.15, -0.1) is 0 Å². The highest BCUT2D eigenvalue weighted by Gasteiger charge is 2.23. The summed E-state index contributed by atoms with van der Waals surface area (Å²) in [5.41, 5.74) is 8.04. The molecule has 0 fully saturated rings. The number of nitrogens with one attached hydrogen (secondary N) is 2. The van der Waals surface area contributed by atoms with Crippen LogP contribution >= 0.6 is 0 Å². The number of benzene rings is 2. The van der Waals surface area contributed by atoms with Gasteiger partial charge < -0.3 is 4.42 Å². The maximum absolute atomic E-state index is 12.3. The van der Waals surface area contributed by atoms with Crippen molar-refractivity contribution in [2.24, 2.45) is 0 Å². The summed E-state index contributed by atoms with van der Waals surface area (Å²) in [5.74, 6) is 0.767. The molecular formula is C30H29N7O3S. The van der Waals surface area contributed by atoms with Gasteiger partial charge >= 0.3 is 0 Å². The molecule has 2 heterocycles. The number of furan rings is 1. The van der Waals surface area contributed by atoms with Crippen LogP contribution in [0.15, 0.2) is 95.3 Å². The van der Waals surface area contributed by atoms with E-state index in [0.717, 1.165) is 41.6 Å². The number of nitrogens with zero attached hydrogens (tertiary/aromatic N) is 5. The SMILES string of the molecule is CC1=CC=C(c2coc(N(C)Nc3ncc(N(c4ccccc4)c4ccccc4)nc3NS(C)(=O)=O)c2C#N)CC1. The predicted octanol–water partition coefficient (Wildman–Crippen LogP) is 6.37. The largest absolute Gasteiger partial charge is 0.445 e. The van der Waals surface area contributed by atoms with Crippen molar-refractivity contribution >= 4 is 50.3 Å². The van der Waals surface area contributed by atoms with Crippen molar-refractivity contribution < 1.29 is 12.8 Å². The Morgan fingerprint density at radius 3 is 2.20 bits per heavy atom. The monoisotopic (exact) mass is 567 g/mol. The molecule has 4 aromatic rings. The lowest BCUT2D eigenvalue weighted by Gasteiger charge is -2.25. The zero-order valence-corrected chi connectivity index (χ0v) is 23.7. The van der Waals surface area contributed by atoms with Crippen LogP contribution in [-0.2, 0) is 10.0 Å². The topological polar surface area (TPSA) is 127 Å². The second-order valence-corrected chi connectivity index (χ2v) is 11.4. The fourth-order valence-electron chi connectivity index (χ4n) is 4.50. The molecule has 0 atom stereocenters. The molecule has 2 aromatic carbocycles. The molecule has 0 radical (unpaired) electrons. The number of anilines is 6. The molecule has 10 nitrogen and oxygen atoms in total. The molecule has 1 aliphatic carbocycles. The summed E-state index contributed by atoms with van der Waals surface area (Å²) in [6.45, 7) is 2.07. The molecule has 0 saturated heterocycles. The van der Waals surface area contributed by atoms with E-state index in [1.54, 1.807) is 19.5 Å². The molecule has 1 aliphatic rings. The standard InChI is InChI=1S/C30H29N7O3S/c1-21-14-16-22(17-15-21)26-20-40-30(25(26)18-31)36(2)34-28-29(35-41(3,38)39)33-27(19-32-28)37(23-10-6-4-7-11-23)24-12-8-5-9-13-24/h4-14,16,19-20H,15,17H2,1-3H3,(H,32,34)(H,33,35). The van der Waals surface area contributed by atoms with E-state index < -0.39 is 10.0 Å². The van der Waals surface area contributed by atoms with Gasteiger partial charge in [0.25, 0.3) is 0 Å². The Labute approximate surface area is 239 Å². The van der Waals surface area contributed by atoms with Crippen molar-refractivity contribution in [2.75, 3.05) is 33.4 Å². The van der Waals surface area contributed by atoms with Crippen LogP contribution in [0, 0.1) is 11.3 Å². The average Bonchev–Trinajstić information content (AvgIpc) is 3.40. The Morgan fingerprint density at radius 1 is 0.976 bits per heavy atom. The van der Waals surface area contributed by atoms with Crippen LogP contribution in [0.1, 0.15) is 30.9 Å². The Morgan fingerprint density at radius 2 is 1.63 bits per heavy atom. The van der Waals surface area contributed by atoms with Crippen molar-refractivity contribution in [3.63, 3.8) is 0 Å². The Balaban J connectivity index is 1.52. The Bertz CT molecular complexity index is 1720. The quantitative estimate of drug-likeness (QED) is 0.222. The number of aromatic nitrogens is 2. The molecule has 5 rings (SSSR count). The second-order valence-electron chi connectivity index (χ2n) is 9.62. The van der Waals surface area contributed by atoms with E-state index in [0.29, 0.717) is 11.4 Å². The number of hydrazine groups is 1. The summed E-state index contributed by atoms with van der Waals surface area (Å²) in [5, 5.41) is 11.5. The van der Waals surface area contributed by atoms with Crippen LogP contribution in [-0.4, -0.2) is 31.7 Å². The lowest BCUT2D eigenvalue weighted by molar-refractivity contribution is 0.562. The first-order valence-electron chi connectivity index (χ1n) is 12.9. The van der Waals surface area contributed by atoms with Gasteiger partial charge in [-0.2, -0.15) is 5.26 Å². The third kappa shape index (κ3) is 6.23. The maximum atomic E-state index is 12.3. The molecular weight excluding hydrogens is 538 g/mol. The molecule has 0 amide bonds. The maximum Gasteiger partial charge on any atom is 0.232 e. The fraction of sp³-hybridized carbons (Fsp3) is 0.167. The Kier molecular flexibility index (Phi) is 7.76. The lowest BCUT2D eigenvalue weighted by Crippen LogP contribution is -2.27. The summed E-state index contributed by atoms with van der Waals surface area (Å²) in [6.07, 6.45) is 9.92. The summed E-state index contributed by atoms with van der Waals surface area (Å²) >= 11 is 0. The molecule has 208 valence electrons. The van der Waals surface area contributed by atoms with Crippen molar-refractivity contribution in [1.29, 1.82) is 5.26 Å². The molecule has 2 aromatic heterocycles. The number of nitriles is 1. The van der Waals surface area contributed by atoms with Crippen molar-refractivity contribution in [1.82, 2.24) is 9.97 Å². The summed E-state index contributed by atoms with van der Waals surface area (Å²) in [4.78, 5) is 11.1. The first kappa shape index (κ1) is 27.5. The zero-order valence-electron chi connectivity index (χ0n) is 22.9. The zero-order chi connectivity index (χ0) is 29.0. The van der Waals surface area contributed by atoms with Crippen LogP contribution in [0.5, 0.6) is 0 Å². The third-order valence-electron chi connectivity index (χ3n) is 6.47. The molecule has 0 saturated carbocycles. The highest BCUT2D eigenvalue weighted by molar-refractivity contribution is 7.92. The summed E-state index contributed by atoms with van der Waals surface area (Å²) in [6, 6.07) is 21.4. The first-order valence-corrected chi connectivity index (χ1v) is 14.8. The van der Waals surface area contributed by atoms with Crippen LogP contribution in [0.3, 0.4) is 0 Å². The van der Waals surface area contributed by atoms with E-state index in [9.17, 15) is 13.7 Å². The first-order chi connectivity index (χ1) is 19.7. The summed E-state index contributed by atoms with van der Waals surface area (Å²) < 4.78 is 32.9. The Hall–Kier alpha value is -5.08. The van der Waals surface area contributed by atoms with Gasteiger partial charge in [0.15, 0.2) is 17.5 Å². The predicted molar refractivity (Wildman–Crippen MR) is 162 cm³/mol. The average molecular weight is 568 g/mol. The van der Waals surface area contributed by atoms with E-state index in [4.69, 9.17) is 4.42 Å². The van der Waals surface area contributed by atoms with E-state index in [1.165, 1.54) is 10.6 Å². The van der Waals surface area contributed by atoms with Crippen molar-refractivity contribution in [3.8, 4) is 6.07 Å². The molecule has 0 unspecified atom stereocenters. The highest BCUT2D eigenvalue weighted by atomic mass is 32.2. The van der Waals surface area contributed by atoms with Crippen molar-refractivity contribution in [2.45, 2.75) is 19.8 Å². The van der Waals surface area contributed by atoms with Gasteiger partial charge in [-0.25, -0.2) is 18.4 Å². The van der Waals surface area contributed by atoms with Crippen LogP contribution in [0.25, 0.3) is 5.57 Å². The number of hydrogen-bond acceptors (Lipinski definition) is 9. The minimum absolute atomic E-state index is 0.0189. The minimum Gasteiger partial charge on any atom is -0.445 e. The normalized spacial score (nSPS) is 13.0. The number of rotatable bonds is 9. The van der Waals surface area contributed by atoms with Gasteiger partial charge in [-0.3, -0.25) is 20.1 Å². The van der Waals surface area contributed by atoms with Gasteiger partial charge in [-0.1, -0.05) is 54.1 Å². The fourth-order valence-corrected chi connectivity index (χ4v) is 4.99. The van der Waals surface area contributed by atoms with Crippen LogP contribution in [0.2, 0.25) is 0 Å². The van der Waals surface area contributed by atoms with Gasteiger partial charge in [0, 0.05) is 24.0 Å². The molecule has 0 aliphatic heterocycles. The molecule has 41 heavy (non-hydrogen) atoms. The van der Waals surface area contributed by atoms with Gasteiger partial charge in [0.1, 0.15) is 17.9 Å². The third-order valence-corrected chi connectivity index (χ3v) is 7.03. The molecule has 0 bridgehead atoms.